The molecule has 0 aromatic heterocycles. The average Bonchev–Trinajstić information content (AvgIpc) is 3.26. The van der Waals surface area contributed by atoms with Crippen LogP contribution in [0.25, 0.3) is 11.1 Å². The number of benzene rings is 3. The Bertz CT molecular complexity index is 1410. The van der Waals surface area contributed by atoms with Gasteiger partial charge in [-0.15, -0.1) is 0 Å². The molecule has 1 aliphatic carbocycles. The van der Waals surface area contributed by atoms with E-state index < -0.39 is 11.8 Å². The summed E-state index contributed by atoms with van der Waals surface area (Å²) in [6, 6.07) is 16.1. The monoisotopic (exact) mass is 571 g/mol. The van der Waals surface area contributed by atoms with Gasteiger partial charge in [0.1, 0.15) is 17.7 Å². The molecule has 1 N–H and O–H groups in total. The van der Waals surface area contributed by atoms with E-state index in [1.165, 1.54) is 6.07 Å². The molecule has 4 nitrogen and oxygen atoms in total. The number of fused-ring (bicyclic) bond motifs is 1. The van der Waals surface area contributed by atoms with E-state index in [-0.39, 0.29) is 18.3 Å². The first-order valence-corrected chi connectivity index (χ1v) is 13.9. The molecule has 3 aromatic rings. The fourth-order valence-corrected chi connectivity index (χ4v) is 6.12. The summed E-state index contributed by atoms with van der Waals surface area (Å²) in [5.41, 5.74) is 4.14. The molecule has 0 amide bonds. The smallest absolute Gasteiger partial charge is 0.338 e. The minimum Gasteiger partial charge on any atom is -0.489 e. The second kappa shape index (κ2) is 12.1. The van der Waals surface area contributed by atoms with E-state index >= 15 is 4.39 Å². The van der Waals surface area contributed by atoms with Gasteiger partial charge in [0.05, 0.1) is 12.2 Å². The number of aromatic carboxylic acids is 1. The second-order valence-corrected chi connectivity index (χ2v) is 10.8. The zero-order chi connectivity index (χ0) is 27.5. The van der Waals surface area contributed by atoms with Crippen LogP contribution in [-0.2, 0) is 6.42 Å². The highest BCUT2D eigenvalue weighted by atomic mass is 35.5. The van der Waals surface area contributed by atoms with E-state index in [4.69, 9.17) is 27.9 Å². The van der Waals surface area contributed by atoms with Crippen LogP contribution in [0.5, 0.6) is 5.75 Å². The summed E-state index contributed by atoms with van der Waals surface area (Å²) in [5.74, 6) is -1.26. The van der Waals surface area contributed by atoms with Gasteiger partial charge in [-0.2, -0.15) is 0 Å². The topological polar surface area (TPSA) is 49.8 Å². The molecule has 2 aliphatic rings. The fraction of sp³-hybridized carbons (Fsp3) is 0.323. The van der Waals surface area contributed by atoms with Crippen LogP contribution in [0.4, 0.5) is 8.78 Å². The number of hydrogen-bond donors (Lipinski definition) is 1. The molecule has 39 heavy (non-hydrogen) atoms. The molecule has 1 aliphatic heterocycles. The number of likely N-dealkylation sites (tertiary alicyclic amines) is 1. The molecule has 1 heterocycles. The molecule has 5 rings (SSSR count). The Kier molecular flexibility index (Phi) is 8.55. The lowest BCUT2D eigenvalue weighted by molar-refractivity contribution is 0.0691. The van der Waals surface area contributed by atoms with Crippen molar-refractivity contribution in [3.63, 3.8) is 0 Å². The van der Waals surface area contributed by atoms with Gasteiger partial charge < -0.3 is 9.84 Å². The number of carboxylic acid groups (broad SMARTS) is 1. The lowest BCUT2D eigenvalue weighted by atomic mass is 9.87. The largest absolute Gasteiger partial charge is 0.489 e. The van der Waals surface area contributed by atoms with Crippen molar-refractivity contribution >= 4 is 40.3 Å². The van der Waals surface area contributed by atoms with E-state index in [2.05, 4.69) is 4.90 Å². The summed E-state index contributed by atoms with van der Waals surface area (Å²) >= 11 is 12.8. The average molecular weight is 572 g/mol. The number of alkyl halides is 1. The number of carboxylic acids is 1. The van der Waals surface area contributed by atoms with E-state index in [1.54, 1.807) is 18.2 Å². The molecular formula is C31H29Cl2F2NO3. The van der Waals surface area contributed by atoms with Crippen LogP contribution in [0.2, 0.25) is 10.0 Å². The van der Waals surface area contributed by atoms with E-state index in [1.807, 2.05) is 30.3 Å². The molecule has 1 saturated heterocycles. The normalized spacial score (nSPS) is 17.7. The zero-order valence-corrected chi connectivity index (χ0v) is 22.9. The van der Waals surface area contributed by atoms with Crippen molar-refractivity contribution in [2.24, 2.45) is 0 Å². The van der Waals surface area contributed by atoms with Gasteiger partial charge in [-0.1, -0.05) is 47.5 Å². The van der Waals surface area contributed by atoms with E-state index in [0.717, 1.165) is 54.1 Å². The Morgan fingerprint density at radius 3 is 2.54 bits per heavy atom. The van der Waals surface area contributed by atoms with Crippen molar-refractivity contribution in [2.75, 3.05) is 26.3 Å². The number of carbonyl (C=O) groups is 1. The van der Waals surface area contributed by atoms with Crippen LogP contribution in [0.15, 0.2) is 54.6 Å². The van der Waals surface area contributed by atoms with Gasteiger partial charge in [0.15, 0.2) is 0 Å². The third-order valence-corrected chi connectivity index (χ3v) is 7.99. The van der Waals surface area contributed by atoms with E-state index in [9.17, 15) is 14.3 Å². The van der Waals surface area contributed by atoms with Gasteiger partial charge in [-0.3, -0.25) is 9.29 Å². The summed E-state index contributed by atoms with van der Waals surface area (Å²) in [6.07, 6.45) is 3.13. The van der Waals surface area contributed by atoms with Gasteiger partial charge in [0.25, 0.3) is 0 Å². The number of ether oxygens (including phenoxy) is 1. The summed E-state index contributed by atoms with van der Waals surface area (Å²) in [6.45, 7) is 2.08. The second-order valence-electron chi connectivity index (χ2n) is 9.99. The molecule has 0 saturated carbocycles. The number of halogens is 4. The Hall–Kier alpha value is -2.93. The van der Waals surface area contributed by atoms with Crippen molar-refractivity contribution in [1.29, 1.82) is 0 Å². The Balaban J connectivity index is 1.54. The predicted octanol–water partition coefficient (Wildman–Crippen LogP) is 7.94. The Labute approximate surface area is 236 Å². The first-order valence-electron chi connectivity index (χ1n) is 13.1. The van der Waals surface area contributed by atoms with Crippen molar-refractivity contribution < 1.29 is 23.4 Å². The van der Waals surface area contributed by atoms with Gasteiger partial charge >= 0.3 is 5.97 Å². The van der Waals surface area contributed by atoms with Crippen LogP contribution in [0, 0.1) is 5.82 Å². The highest BCUT2D eigenvalue weighted by molar-refractivity contribution is 6.36. The Morgan fingerprint density at radius 1 is 1.05 bits per heavy atom. The molecule has 8 heteroatoms. The maximum Gasteiger partial charge on any atom is 0.338 e. The van der Waals surface area contributed by atoms with Crippen LogP contribution in [0.3, 0.4) is 0 Å². The van der Waals surface area contributed by atoms with Crippen LogP contribution in [0.1, 0.15) is 58.3 Å². The molecular weight excluding hydrogens is 543 g/mol. The summed E-state index contributed by atoms with van der Waals surface area (Å²) in [4.78, 5) is 13.9. The third kappa shape index (κ3) is 5.98. The van der Waals surface area contributed by atoms with Gasteiger partial charge in [-0.05, 0) is 95.8 Å². The van der Waals surface area contributed by atoms with Gasteiger partial charge in [-0.25, -0.2) is 9.18 Å². The first kappa shape index (κ1) is 27.6. The first-order chi connectivity index (χ1) is 18.9. The molecule has 1 fully saturated rings. The maximum absolute atomic E-state index is 15.4. The van der Waals surface area contributed by atoms with Gasteiger partial charge in [0, 0.05) is 29.7 Å². The van der Waals surface area contributed by atoms with Crippen molar-refractivity contribution in [2.45, 2.75) is 38.2 Å². The minimum absolute atomic E-state index is 0.0419. The highest BCUT2D eigenvalue weighted by Gasteiger charge is 2.27. The molecule has 3 aromatic carbocycles. The lowest BCUT2D eigenvalue weighted by Gasteiger charge is -2.19. The summed E-state index contributed by atoms with van der Waals surface area (Å²) in [7, 11) is 0. The predicted molar refractivity (Wildman–Crippen MR) is 151 cm³/mol. The van der Waals surface area contributed by atoms with Crippen LogP contribution >= 0.6 is 23.2 Å². The Morgan fingerprint density at radius 2 is 1.82 bits per heavy atom. The van der Waals surface area contributed by atoms with E-state index in [0.29, 0.717) is 46.9 Å². The van der Waals surface area contributed by atoms with Crippen LogP contribution < -0.4 is 4.74 Å². The molecule has 0 unspecified atom stereocenters. The zero-order valence-electron chi connectivity index (χ0n) is 21.4. The van der Waals surface area contributed by atoms with Gasteiger partial charge in [0.2, 0.25) is 0 Å². The number of hydrogen-bond acceptors (Lipinski definition) is 3. The minimum atomic E-state index is -1.29. The number of nitrogens with zero attached hydrogens (tertiary/aromatic N) is 1. The maximum atomic E-state index is 15.4. The molecule has 0 bridgehead atoms. The van der Waals surface area contributed by atoms with Crippen molar-refractivity contribution in [3.05, 3.63) is 98.3 Å². The number of rotatable bonds is 8. The molecule has 204 valence electrons. The summed E-state index contributed by atoms with van der Waals surface area (Å²) in [5, 5.41) is 10.5. The SMILES string of the molecule is O=C(O)c1ccc2c(c1F)CCCC(c1ccc(Cl)cc1Cl)=C2c1ccc(O[C@H]2CCN(CCCF)C2)cc1. The molecule has 0 spiro atoms. The van der Waals surface area contributed by atoms with Crippen molar-refractivity contribution in [3.8, 4) is 5.75 Å². The summed E-state index contributed by atoms with van der Waals surface area (Å²) < 4.78 is 34.2. The van der Waals surface area contributed by atoms with Crippen molar-refractivity contribution in [1.82, 2.24) is 4.90 Å². The standard InChI is InChI=1S/C31H29Cl2F2NO3/c32-20-7-10-23(28(33)17-20)24-3-1-4-26-25(11-12-27(30(26)35)31(37)38)29(24)19-5-8-21(9-6-19)39-22-13-16-36(18-22)15-2-14-34/h5-12,17,22H,1-4,13-16,18H2,(H,37,38)/t22-/m0/s1. The molecule has 0 radical (unpaired) electrons. The third-order valence-electron chi connectivity index (χ3n) is 7.44. The number of allylic oxidation sites excluding steroid dienone is 1. The quantitative estimate of drug-likeness (QED) is 0.298. The molecule has 1 atom stereocenters. The fourth-order valence-electron chi connectivity index (χ4n) is 5.60. The van der Waals surface area contributed by atoms with Crippen LogP contribution in [-0.4, -0.2) is 48.4 Å². The highest BCUT2D eigenvalue weighted by Crippen LogP contribution is 2.43. The lowest BCUT2D eigenvalue weighted by Crippen LogP contribution is -2.26.